The van der Waals surface area contributed by atoms with Gasteiger partial charge in [0.2, 0.25) is 10.0 Å². The van der Waals surface area contributed by atoms with Crippen molar-refractivity contribution in [3.63, 3.8) is 0 Å². The monoisotopic (exact) mass is 403 g/mol. The number of nitrogens with zero attached hydrogens (tertiary/aromatic N) is 3. The molecule has 0 saturated carbocycles. The topological polar surface area (TPSA) is 118 Å². The van der Waals surface area contributed by atoms with Crippen molar-refractivity contribution in [3.05, 3.63) is 53.7 Å². The van der Waals surface area contributed by atoms with Crippen LogP contribution in [0.3, 0.4) is 0 Å². The molecule has 140 valence electrons. The molecule has 0 saturated heterocycles. The number of aromatic nitrogens is 2. The van der Waals surface area contributed by atoms with Crippen molar-refractivity contribution in [1.29, 1.82) is 0 Å². The Kier molecular flexibility index (Phi) is 5.22. The molecule has 0 radical (unpaired) electrons. The zero-order valence-corrected chi connectivity index (χ0v) is 16.2. The first-order valence-electron chi connectivity index (χ1n) is 7.79. The third kappa shape index (κ3) is 3.97. The second-order valence-corrected chi connectivity index (χ2v) is 8.90. The Morgan fingerprint density at radius 1 is 1.22 bits per heavy atom. The third-order valence-electron chi connectivity index (χ3n) is 3.64. The van der Waals surface area contributed by atoms with Gasteiger partial charge in [-0.2, -0.15) is 0 Å². The first-order chi connectivity index (χ1) is 12.8. The Morgan fingerprint density at radius 2 is 2.00 bits per heavy atom. The van der Waals surface area contributed by atoms with Gasteiger partial charge >= 0.3 is 0 Å². The molecule has 0 spiro atoms. The van der Waals surface area contributed by atoms with Crippen LogP contribution in [0.4, 0.5) is 11.5 Å². The number of pyridine rings is 1. The van der Waals surface area contributed by atoms with E-state index in [1.54, 1.807) is 30.6 Å². The summed E-state index contributed by atoms with van der Waals surface area (Å²) in [5.41, 5.74) is 6.99. The molecule has 2 heterocycles. The smallest absolute Gasteiger partial charge is 0.269 e. The SMILES string of the molecule is CN(C)S(=O)(=O)c1cccc(NC(=O)c2sc(-c3cccnc3)nc2N)c1. The number of hydrogen-bond acceptors (Lipinski definition) is 7. The van der Waals surface area contributed by atoms with Gasteiger partial charge in [-0.25, -0.2) is 17.7 Å². The van der Waals surface area contributed by atoms with Gasteiger partial charge in [0, 0.05) is 37.7 Å². The molecule has 8 nitrogen and oxygen atoms in total. The second kappa shape index (κ2) is 7.43. The molecule has 1 amide bonds. The summed E-state index contributed by atoms with van der Waals surface area (Å²) in [7, 11) is -0.713. The Bertz CT molecular complexity index is 1080. The van der Waals surface area contributed by atoms with Crippen LogP contribution < -0.4 is 11.1 Å². The highest BCUT2D eigenvalue weighted by atomic mass is 32.2. The fraction of sp³-hybridized carbons (Fsp3) is 0.118. The molecule has 3 rings (SSSR count). The summed E-state index contributed by atoms with van der Waals surface area (Å²) in [5.74, 6) is -0.354. The number of anilines is 2. The van der Waals surface area contributed by atoms with E-state index in [4.69, 9.17) is 5.73 Å². The van der Waals surface area contributed by atoms with Crippen LogP contribution >= 0.6 is 11.3 Å². The molecule has 1 aromatic carbocycles. The van der Waals surface area contributed by atoms with Crippen LogP contribution in [0.25, 0.3) is 10.6 Å². The van der Waals surface area contributed by atoms with Crippen molar-refractivity contribution >= 4 is 38.8 Å². The minimum absolute atomic E-state index is 0.0821. The van der Waals surface area contributed by atoms with Crippen LogP contribution in [0.15, 0.2) is 53.7 Å². The summed E-state index contributed by atoms with van der Waals surface area (Å²) < 4.78 is 25.6. The zero-order valence-electron chi connectivity index (χ0n) is 14.6. The summed E-state index contributed by atoms with van der Waals surface area (Å²) in [6, 6.07) is 9.61. The van der Waals surface area contributed by atoms with Crippen LogP contribution in [0, 0.1) is 0 Å². The fourth-order valence-corrected chi connectivity index (χ4v) is 4.06. The first-order valence-corrected chi connectivity index (χ1v) is 10.1. The summed E-state index contributed by atoms with van der Waals surface area (Å²) in [6.07, 6.45) is 3.28. The standard InChI is InChI=1S/C17H17N5O3S2/c1-22(2)27(24,25)13-7-3-6-12(9-13)20-16(23)14-15(18)21-17(26-14)11-5-4-8-19-10-11/h3-10H,18H2,1-2H3,(H,20,23). The van der Waals surface area contributed by atoms with Crippen molar-refractivity contribution < 1.29 is 13.2 Å². The normalized spacial score (nSPS) is 11.5. The molecule has 2 aromatic heterocycles. The van der Waals surface area contributed by atoms with Crippen molar-refractivity contribution in [3.8, 4) is 10.6 Å². The van der Waals surface area contributed by atoms with E-state index in [1.165, 1.54) is 26.2 Å². The largest absolute Gasteiger partial charge is 0.382 e. The maximum absolute atomic E-state index is 12.6. The van der Waals surface area contributed by atoms with E-state index >= 15 is 0 Å². The molecule has 3 aromatic rings. The van der Waals surface area contributed by atoms with Crippen LogP contribution in [0.2, 0.25) is 0 Å². The molecule has 0 unspecified atom stereocenters. The number of amides is 1. The Hall–Kier alpha value is -2.82. The number of hydrogen-bond donors (Lipinski definition) is 2. The maximum atomic E-state index is 12.6. The number of carbonyl (C=O) groups is 1. The molecule has 0 fully saturated rings. The highest BCUT2D eigenvalue weighted by Gasteiger charge is 2.20. The lowest BCUT2D eigenvalue weighted by Gasteiger charge is -2.12. The lowest BCUT2D eigenvalue weighted by atomic mass is 10.3. The Balaban J connectivity index is 1.86. The molecule has 0 atom stereocenters. The maximum Gasteiger partial charge on any atom is 0.269 e. The quantitative estimate of drug-likeness (QED) is 0.675. The van der Waals surface area contributed by atoms with Gasteiger partial charge in [-0.3, -0.25) is 9.78 Å². The summed E-state index contributed by atoms with van der Waals surface area (Å²) in [4.78, 5) is 21.1. The van der Waals surface area contributed by atoms with Gasteiger partial charge in [0.05, 0.1) is 4.90 Å². The van der Waals surface area contributed by atoms with E-state index in [-0.39, 0.29) is 15.6 Å². The number of nitrogens with two attached hydrogens (primary N) is 1. The Morgan fingerprint density at radius 3 is 2.67 bits per heavy atom. The predicted octanol–water partition coefficient (Wildman–Crippen LogP) is 2.29. The molecule has 27 heavy (non-hydrogen) atoms. The summed E-state index contributed by atoms with van der Waals surface area (Å²) in [5, 5.41) is 3.25. The molecule has 0 bridgehead atoms. The van der Waals surface area contributed by atoms with E-state index < -0.39 is 15.9 Å². The summed E-state index contributed by atoms with van der Waals surface area (Å²) in [6.45, 7) is 0. The number of thiazole rings is 1. The minimum Gasteiger partial charge on any atom is -0.382 e. The highest BCUT2D eigenvalue weighted by Crippen LogP contribution is 2.30. The minimum atomic E-state index is -3.60. The Labute approximate surface area is 160 Å². The van der Waals surface area contributed by atoms with Crippen LogP contribution in [0.1, 0.15) is 9.67 Å². The summed E-state index contributed by atoms with van der Waals surface area (Å²) >= 11 is 1.14. The van der Waals surface area contributed by atoms with Gasteiger partial charge in [-0.05, 0) is 30.3 Å². The van der Waals surface area contributed by atoms with Gasteiger partial charge in [0.1, 0.15) is 15.7 Å². The van der Waals surface area contributed by atoms with Crippen LogP contribution in [0.5, 0.6) is 0 Å². The average molecular weight is 403 g/mol. The van der Waals surface area contributed by atoms with Gasteiger partial charge in [-0.1, -0.05) is 6.07 Å². The second-order valence-electron chi connectivity index (χ2n) is 5.74. The van der Waals surface area contributed by atoms with Crippen molar-refractivity contribution in [2.24, 2.45) is 0 Å². The van der Waals surface area contributed by atoms with Gasteiger partial charge < -0.3 is 11.1 Å². The number of carbonyl (C=O) groups excluding carboxylic acids is 1. The number of rotatable bonds is 5. The molecule has 0 aliphatic carbocycles. The van der Waals surface area contributed by atoms with Crippen molar-refractivity contribution in [1.82, 2.24) is 14.3 Å². The molecular weight excluding hydrogens is 386 g/mol. The molecule has 10 heteroatoms. The fourth-order valence-electron chi connectivity index (χ4n) is 2.24. The van der Waals surface area contributed by atoms with Crippen molar-refractivity contribution in [2.45, 2.75) is 4.90 Å². The number of benzene rings is 1. The average Bonchev–Trinajstić information content (AvgIpc) is 3.04. The lowest BCUT2D eigenvalue weighted by Crippen LogP contribution is -2.22. The molecular formula is C17H17N5O3S2. The van der Waals surface area contributed by atoms with Gasteiger partial charge in [-0.15, -0.1) is 11.3 Å². The third-order valence-corrected chi connectivity index (χ3v) is 6.57. The molecule has 0 aliphatic heterocycles. The van der Waals surface area contributed by atoms with Gasteiger partial charge in [0.15, 0.2) is 0 Å². The van der Waals surface area contributed by atoms with E-state index in [9.17, 15) is 13.2 Å². The number of nitrogen functional groups attached to an aromatic ring is 1. The first kappa shape index (κ1) is 19.0. The van der Waals surface area contributed by atoms with Crippen LogP contribution in [-0.2, 0) is 10.0 Å². The van der Waals surface area contributed by atoms with E-state index in [1.807, 2.05) is 6.07 Å². The van der Waals surface area contributed by atoms with Crippen molar-refractivity contribution in [2.75, 3.05) is 25.1 Å². The number of nitrogens with one attached hydrogen (secondary N) is 1. The lowest BCUT2D eigenvalue weighted by molar-refractivity contribution is 0.103. The van der Waals surface area contributed by atoms with Gasteiger partial charge in [0.25, 0.3) is 5.91 Å². The number of sulfonamides is 1. The van der Waals surface area contributed by atoms with E-state index in [2.05, 4.69) is 15.3 Å². The van der Waals surface area contributed by atoms with E-state index in [0.29, 0.717) is 10.7 Å². The zero-order chi connectivity index (χ0) is 19.6. The predicted molar refractivity (Wildman–Crippen MR) is 105 cm³/mol. The van der Waals surface area contributed by atoms with Crippen LogP contribution in [-0.4, -0.2) is 42.7 Å². The molecule has 0 aliphatic rings. The molecule has 3 N–H and O–H groups in total. The van der Waals surface area contributed by atoms with E-state index in [0.717, 1.165) is 21.2 Å². The highest BCUT2D eigenvalue weighted by molar-refractivity contribution is 7.89.